The average Bonchev–Trinajstić information content (AvgIpc) is 2.95. The first-order valence-electron chi connectivity index (χ1n) is 5.41. The summed E-state index contributed by atoms with van der Waals surface area (Å²) in [4.78, 5) is 15.8. The molecule has 0 aromatic heterocycles. The van der Waals surface area contributed by atoms with Crippen LogP contribution in [0.25, 0.3) is 0 Å². The van der Waals surface area contributed by atoms with E-state index in [9.17, 15) is 4.79 Å². The van der Waals surface area contributed by atoms with Gasteiger partial charge in [0.05, 0.1) is 12.7 Å². The number of nitrogens with one attached hydrogen (secondary N) is 1. The fourth-order valence-electron chi connectivity index (χ4n) is 1.85. The van der Waals surface area contributed by atoms with Gasteiger partial charge in [-0.1, -0.05) is 0 Å². The maximum absolute atomic E-state index is 11.5. The molecule has 0 aromatic rings. The molecule has 1 amide bonds. The van der Waals surface area contributed by atoms with Crippen molar-refractivity contribution >= 4 is 5.91 Å². The van der Waals surface area contributed by atoms with Gasteiger partial charge in [-0.05, 0) is 26.8 Å². The summed E-state index contributed by atoms with van der Waals surface area (Å²) in [6.45, 7) is 4.51. The molecule has 1 atom stereocenters. The standard InChI is InChI=1S/C10H19N3O/c1-8-10(14)13(7-11-8)6-5-12(2)9-3-4-9/h8-9,11H,3-7H2,1-2H3. The average molecular weight is 197 g/mol. The molecule has 1 unspecified atom stereocenters. The topological polar surface area (TPSA) is 35.6 Å². The molecule has 2 fully saturated rings. The summed E-state index contributed by atoms with van der Waals surface area (Å²) in [5, 5.41) is 3.15. The van der Waals surface area contributed by atoms with Gasteiger partial charge in [-0.15, -0.1) is 0 Å². The highest BCUT2D eigenvalue weighted by molar-refractivity contribution is 5.83. The molecule has 1 heterocycles. The minimum atomic E-state index is 0.0150. The molecule has 0 bridgehead atoms. The first-order chi connectivity index (χ1) is 6.68. The van der Waals surface area contributed by atoms with Gasteiger partial charge >= 0.3 is 0 Å². The van der Waals surface area contributed by atoms with Gasteiger partial charge < -0.3 is 9.80 Å². The van der Waals surface area contributed by atoms with Crippen molar-refractivity contribution in [2.75, 3.05) is 26.8 Å². The molecule has 2 aliphatic rings. The molecule has 4 nitrogen and oxygen atoms in total. The summed E-state index contributed by atoms with van der Waals surface area (Å²) in [6, 6.07) is 0.805. The summed E-state index contributed by atoms with van der Waals surface area (Å²) in [7, 11) is 2.15. The summed E-state index contributed by atoms with van der Waals surface area (Å²) < 4.78 is 0. The highest BCUT2D eigenvalue weighted by Crippen LogP contribution is 2.24. The maximum Gasteiger partial charge on any atom is 0.240 e. The van der Waals surface area contributed by atoms with Gasteiger partial charge in [0.2, 0.25) is 5.91 Å². The van der Waals surface area contributed by atoms with Gasteiger partial charge in [-0.2, -0.15) is 0 Å². The second-order valence-electron chi connectivity index (χ2n) is 4.40. The number of hydrogen-bond donors (Lipinski definition) is 1. The predicted molar refractivity (Wildman–Crippen MR) is 54.8 cm³/mol. The zero-order chi connectivity index (χ0) is 10.1. The van der Waals surface area contributed by atoms with E-state index in [-0.39, 0.29) is 11.9 Å². The van der Waals surface area contributed by atoms with Crippen LogP contribution in [0.15, 0.2) is 0 Å². The molecule has 0 aromatic carbocycles. The Morgan fingerprint density at radius 1 is 1.57 bits per heavy atom. The van der Waals surface area contributed by atoms with E-state index in [1.165, 1.54) is 12.8 Å². The molecule has 1 saturated heterocycles. The summed E-state index contributed by atoms with van der Waals surface area (Å²) in [6.07, 6.45) is 2.66. The quantitative estimate of drug-likeness (QED) is 0.681. The van der Waals surface area contributed by atoms with Crippen LogP contribution >= 0.6 is 0 Å². The van der Waals surface area contributed by atoms with Crippen molar-refractivity contribution in [2.45, 2.75) is 31.8 Å². The number of carbonyl (C=O) groups is 1. The van der Waals surface area contributed by atoms with Gasteiger partial charge in [-0.3, -0.25) is 10.1 Å². The van der Waals surface area contributed by atoms with Gasteiger partial charge in [0.1, 0.15) is 0 Å². The number of likely N-dealkylation sites (N-methyl/N-ethyl adjacent to an activating group) is 1. The van der Waals surface area contributed by atoms with Crippen LogP contribution < -0.4 is 5.32 Å². The summed E-state index contributed by atoms with van der Waals surface area (Å²) in [5.41, 5.74) is 0. The number of hydrogen-bond acceptors (Lipinski definition) is 3. The van der Waals surface area contributed by atoms with Crippen LogP contribution in [0.4, 0.5) is 0 Å². The lowest BCUT2D eigenvalue weighted by molar-refractivity contribution is -0.128. The largest absolute Gasteiger partial charge is 0.327 e. The van der Waals surface area contributed by atoms with E-state index >= 15 is 0 Å². The number of nitrogens with zero attached hydrogens (tertiary/aromatic N) is 2. The van der Waals surface area contributed by atoms with E-state index in [2.05, 4.69) is 17.3 Å². The Morgan fingerprint density at radius 2 is 2.29 bits per heavy atom. The molecule has 1 aliphatic heterocycles. The first kappa shape index (κ1) is 9.93. The highest BCUT2D eigenvalue weighted by atomic mass is 16.2. The van der Waals surface area contributed by atoms with Crippen LogP contribution in [-0.2, 0) is 4.79 Å². The smallest absolute Gasteiger partial charge is 0.240 e. The lowest BCUT2D eigenvalue weighted by Gasteiger charge is -2.20. The fourth-order valence-corrected chi connectivity index (χ4v) is 1.85. The second kappa shape index (κ2) is 3.87. The van der Waals surface area contributed by atoms with E-state index in [1.807, 2.05) is 11.8 Å². The molecule has 0 spiro atoms. The maximum atomic E-state index is 11.5. The minimum absolute atomic E-state index is 0.0150. The van der Waals surface area contributed by atoms with Crippen LogP contribution in [0.2, 0.25) is 0 Å². The fraction of sp³-hybridized carbons (Fsp3) is 0.900. The zero-order valence-electron chi connectivity index (χ0n) is 8.99. The van der Waals surface area contributed by atoms with Gasteiger partial charge in [0.15, 0.2) is 0 Å². The highest BCUT2D eigenvalue weighted by Gasteiger charge is 2.29. The van der Waals surface area contributed by atoms with Crippen molar-refractivity contribution < 1.29 is 4.79 Å². The van der Waals surface area contributed by atoms with Crippen LogP contribution in [0, 0.1) is 0 Å². The predicted octanol–water partition coefficient (Wildman–Crippen LogP) is -0.142. The molecule has 1 saturated carbocycles. The van der Waals surface area contributed by atoms with Crippen molar-refractivity contribution in [1.82, 2.24) is 15.1 Å². The van der Waals surface area contributed by atoms with Gasteiger partial charge in [0.25, 0.3) is 0 Å². The van der Waals surface area contributed by atoms with E-state index in [0.29, 0.717) is 0 Å². The van der Waals surface area contributed by atoms with E-state index in [1.54, 1.807) is 0 Å². The Morgan fingerprint density at radius 3 is 2.79 bits per heavy atom. The minimum Gasteiger partial charge on any atom is -0.327 e. The van der Waals surface area contributed by atoms with Crippen molar-refractivity contribution in [1.29, 1.82) is 0 Å². The Balaban J connectivity index is 1.72. The van der Waals surface area contributed by atoms with E-state index in [4.69, 9.17) is 0 Å². The van der Waals surface area contributed by atoms with Crippen LogP contribution in [-0.4, -0.2) is 54.6 Å². The second-order valence-corrected chi connectivity index (χ2v) is 4.40. The molecule has 1 aliphatic carbocycles. The van der Waals surface area contributed by atoms with Crippen molar-refractivity contribution in [3.05, 3.63) is 0 Å². The third kappa shape index (κ3) is 2.07. The van der Waals surface area contributed by atoms with Crippen LogP contribution in [0.1, 0.15) is 19.8 Å². The monoisotopic (exact) mass is 197 g/mol. The molecule has 0 radical (unpaired) electrons. The molecule has 14 heavy (non-hydrogen) atoms. The van der Waals surface area contributed by atoms with Crippen LogP contribution in [0.5, 0.6) is 0 Å². The van der Waals surface area contributed by atoms with Gasteiger partial charge in [-0.25, -0.2) is 0 Å². The number of carbonyl (C=O) groups excluding carboxylic acids is 1. The number of rotatable bonds is 4. The van der Waals surface area contributed by atoms with Crippen molar-refractivity contribution in [3.8, 4) is 0 Å². The van der Waals surface area contributed by atoms with E-state index < -0.39 is 0 Å². The molecule has 4 heteroatoms. The lowest BCUT2D eigenvalue weighted by atomic mass is 10.3. The summed E-state index contributed by atoms with van der Waals surface area (Å²) >= 11 is 0. The van der Waals surface area contributed by atoms with Crippen LogP contribution in [0.3, 0.4) is 0 Å². The molecular formula is C10H19N3O. The van der Waals surface area contributed by atoms with Crippen molar-refractivity contribution in [3.63, 3.8) is 0 Å². The molecule has 1 N–H and O–H groups in total. The third-order valence-corrected chi connectivity index (χ3v) is 3.16. The first-order valence-corrected chi connectivity index (χ1v) is 5.41. The lowest BCUT2D eigenvalue weighted by Crippen LogP contribution is -2.36. The molecule has 2 rings (SSSR count). The summed E-state index contributed by atoms with van der Waals surface area (Å²) in [5.74, 6) is 0.245. The van der Waals surface area contributed by atoms with Gasteiger partial charge in [0, 0.05) is 19.1 Å². The Bertz CT molecular complexity index is 227. The zero-order valence-corrected chi connectivity index (χ0v) is 8.99. The Labute approximate surface area is 85.2 Å². The Kier molecular flexibility index (Phi) is 2.74. The SMILES string of the molecule is CC1NCN(CCN(C)C2CC2)C1=O. The Hall–Kier alpha value is -0.610. The van der Waals surface area contributed by atoms with E-state index in [0.717, 1.165) is 25.8 Å². The normalized spacial score (nSPS) is 27.8. The van der Waals surface area contributed by atoms with Crippen molar-refractivity contribution in [2.24, 2.45) is 0 Å². The molecular weight excluding hydrogens is 178 g/mol. The number of amides is 1. The molecule has 80 valence electrons. The third-order valence-electron chi connectivity index (χ3n) is 3.16.